The predicted molar refractivity (Wildman–Crippen MR) is 128 cm³/mol. The van der Waals surface area contributed by atoms with Gasteiger partial charge in [0.25, 0.3) is 0 Å². The number of nitrogens with one attached hydrogen (secondary N) is 1. The van der Waals surface area contributed by atoms with E-state index in [1.165, 1.54) is 0 Å². The number of carbonyl (C=O) groups excluding carboxylic acids is 3. The second kappa shape index (κ2) is 11.5. The molecule has 2 aromatic carbocycles. The van der Waals surface area contributed by atoms with E-state index in [1.54, 1.807) is 12.2 Å². The van der Waals surface area contributed by atoms with Gasteiger partial charge in [-0.2, -0.15) is 0 Å². The van der Waals surface area contributed by atoms with Crippen LogP contribution in [0.5, 0.6) is 0 Å². The first-order valence-corrected chi connectivity index (χ1v) is 11.4. The van der Waals surface area contributed by atoms with Gasteiger partial charge in [-0.3, -0.25) is 9.59 Å². The number of esters is 2. The Bertz CT molecular complexity index is 1010. The van der Waals surface area contributed by atoms with Gasteiger partial charge in [0, 0.05) is 12.3 Å². The fourth-order valence-corrected chi connectivity index (χ4v) is 3.77. The molecule has 7 nitrogen and oxygen atoms in total. The van der Waals surface area contributed by atoms with Crippen LogP contribution < -0.4 is 5.32 Å². The smallest absolute Gasteiger partial charge is 0.407 e. The van der Waals surface area contributed by atoms with Crippen molar-refractivity contribution in [1.82, 2.24) is 5.32 Å². The van der Waals surface area contributed by atoms with Gasteiger partial charge < -0.3 is 19.5 Å². The Morgan fingerprint density at radius 2 is 1.50 bits per heavy atom. The molecule has 0 radical (unpaired) electrons. The summed E-state index contributed by atoms with van der Waals surface area (Å²) in [6.07, 6.45) is 3.47. The van der Waals surface area contributed by atoms with Crippen LogP contribution in [-0.4, -0.2) is 43.4 Å². The molecule has 1 aliphatic carbocycles. The maximum atomic E-state index is 12.1. The first kappa shape index (κ1) is 25.0. The number of hydrogen-bond donors (Lipinski definition) is 1. The Hall–Kier alpha value is -3.61. The maximum Gasteiger partial charge on any atom is 0.407 e. The predicted octanol–water partition coefficient (Wildman–Crippen LogP) is 4.75. The molecule has 1 aliphatic rings. The number of rotatable bonds is 9. The molecule has 3 rings (SSSR count). The van der Waals surface area contributed by atoms with Crippen LogP contribution >= 0.6 is 0 Å². The normalized spacial score (nSPS) is 12.7. The molecule has 2 aromatic rings. The van der Waals surface area contributed by atoms with E-state index in [1.807, 2.05) is 57.2 Å². The number of allylic oxidation sites excluding steroid dienone is 1. The lowest BCUT2D eigenvalue weighted by Crippen LogP contribution is -2.32. The topological polar surface area (TPSA) is 90.9 Å². The van der Waals surface area contributed by atoms with Gasteiger partial charge >= 0.3 is 18.0 Å². The van der Waals surface area contributed by atoms with E-state index in [2.05, 4.69) is 17.4 Å². The maximum absolute atomic E-state index is 12.1. The summed E-state index contributed by atoms with van der Waals surface area (Å²) in [5, 5.41) is 2.42. The van der Waals surface area contributed by atoms with Gasteiger partial charge in [0.05, 0.1) is 0 Å². The van der Waals surface area contributed by atoms with Crippen molar-refractivity contribution in [2.45, 2.75) is 45.1 Å². The number of alkyl carbamates (subject to hydrolysis) is 1. The van der Waals surface area contributed by atoms with Crippen LogP contribution in [0.2, 0.25) is 0 Å². The molecule has 0 unspecified atom stereocenters. The molecule has 0 heterocycles. The zero-order chi connectivity index (χ0) is 24.6. The van der Waals surface area contributed by atoms with Gasteiger partial charge in [-0.25, -0.2) is 4.79 Å². The summed E-state index contributed by atoms with van der Waals surface area (Å²) in [7, 11) is 0. The molecule has 0 saturated heterocycles. The Kier molecular flexibility index (Phi) is 8.46. The minimum Gasteiger partial charge on any atom is -0.460 e. The van der Waals surface area contributed by atoms with Crippen molar-refractivity contribution in [2.75, 3.05) is 19.8 Å². The van der Waals surface area contributed by atoms with Crippen LogP contribution in [0.1, 0.15) is 50.7 Å². The van der Waals surface area contributed by atoms with Crippen LogP contribution in [-0.2, 0) is 23.8 Å². The molecule has 0 aliphatic heterocycles. The summed E-state index contributed by atoms with van der Waals surface area (Å²) in [5.74, 6) is -0.900. The second-order valence-electron chi connectivity index (χ2n) is 8.96. The summed E-state index contributed by atoms with van der Waals surface area (Å²) in [5.41, 5.74) is 4.03. The van der Waals surface area contributed by atoms with Gasteiger partial charge in [0.2, 0.25) is 0 Å². The molecular formula is C27H31NO6. The molecule has 1 N–H and O–H groups in total. The number of fused-ring (bicyclic) bond motifs is 3. The van der Waals surface area contributed by atoms with E-state index < -0.39 is 17.7 Å². The van der Waals surface area contributed by atoms with Crippen molar-refractivity contribution in [3.05, 3.63) is 71.8 Å². The Labute approximate surface area is 200 Å². The van der Waals surface area contributed by atoms with Crippen LogP contribution in [0.25, 0.3) is 11.1 Å². The van der Waals surface area contributed by atoms with E-state index in [0.29, 0.717) is 6.42 Å². The molecule has 1 amide bonds. The molecule has 180 valence electrons. The Balaban J connectivity index is 1.34. The average molecular weight is 466 g/mol. The molecule has 0 bridgehead atoms. The van der Waals surface area contributed by atoms with Gasteiger partial charge in [0.1, 0.15) is 25.4 Å². The number of carbonyl (C=O) groups is 3. The standard InChI is InChI=1S/C27H31NO6/c1-27(2,3)34-24(29)15-5-4-10-16-32-25(30)17-28-26(31)33-18-23-21-13-8-6-11-19(21)20-12-7-9-14-22(20)23/h4,6-14,23H,5,15-18H2,1-3H3,(H,28,31)/b10-4+. The zero-order valence-electron chi connectivity index (χ0n) is 19.8. The highest BCUT2D eigenvalue weighted by atomic mass is 16.6. The molecule has 0 fully saturated rings. The van der Waals surface area contributed by atoms with Gasteiger partial charge in [-0.1, -0.05) is 60.7 Å². The highest BCUT2D eigenvalue weighted by Crippen LogP contribution is 2.44. The summed E-state index contributed by atoms with van der Waals surface area (Å²) < 4.78 is 15.6. The highest BCUT2D eigenvalue weighted by Gasteiger charge is 2.29. The quantitative estimate of drug-likeness (QED) is 0.327. The van der Waals surface area contributed by atoms with Gasteiger partial charge in [-0.15, -0.1) is 0 Å². The van der Waals surface area contributed by atoms with Crippen LogP contribution in [0.3, 0.4) is 0 Å². The van der Waals surface area contributed by atoms with Crippen LogP contribution in [0.4, 0.5) is 4.79 Å². The van der Waals surface area contributed by atoms with Crippen molar-refractivity contribution in [1.29, 1.82) is 0 Å². The number of benzene rings is 2. The minimum absolute atomic E-state index is 0.0454. The number of amides is 1. The minimum atomic E-state index is -0.674. The zero-order valence-corrected chi connectivity index (χ0v) is 19.8. The third kappa shape index (κ3) is 7.20. The molecular weight excluding hydrogens is 434 g/mol. The van der Waals surface area contributed by atoms with E-state index in [0.717, 1.165) is 22.3 Å². The van der Waals surface area contributed by atoms with E-state index >= 15 is 0 Å². The molecule has 0 spiro atoms. The fraction of sp³-hybridized carbons (Fsp3) is 0.370. The molecule has 0 aromatic heterocycles. The van der Waals surface area contributed by atoms with Crippen LogP contribution in [0, 0.1) is 0 Å². The lowest BCUT2D eigenvalue weighted by atomic mass is 9.98. The summed E-state index contributed by atoms with van der Waals surface area (Å²) in [4.78, 5) is 35.6. The highest BCUT2D eigenvalue weighted by molar-refractivity contribution is 5.80. The summed E-state index contributed by atoms with van der Waals surface area (Å²) in [6.45, 7) is 5.39. The van der Waals surface area contributed by atoms with E-state index in [4.69, 9.17) is 14.2 Å². The van der Waals surface area contributed by atoms with Crippen molar-refractivity contribution in [3.8, 4) is 11.1 Å². The van der Waals surface area contributed by atoms with Crippen molar-refractivity contribution < 1.29 is 28.6 Å². The number of ether oxygens (including phenoxy) is 3. The first-order valence-electron chi connectivity index (χ1n) is 11.4. The van der Waals surface area contributed by atoms with Crippen molar-refractivity contribution in [2.24, 2.45) is 0 Å². The fourth-order valence-electron chi connectivity index (χ4n) is 3.77. The lowest BCUT2D eigenvalue weighted by molar-refractivity contribution is -0.154. The Morgan fingerprint density at radius 1 is 0.882 bits per heavy atom. The largest absolute Gasteiger partial charge is 0.460 e. The molecule has 7 heteroatoms. The van der Waals surface area contributed by atoms with Crippen LogP contribution in [0.15, 0.2) is 60.7 Å². The lowest BCUT2D eigenvalue weighted by Gasteiger charge is -2.19. The first-order chi connectivity index (χ1) is 16.2. The SMILES string of the molecule is CC(C)(C)OC(=O)CC/C=C/COC(=O)CNC(=O)OCC1c2ccccc2-c2ccccc21. The summed E-state index contributed by atoms with van der Waals surface area (Å²) >= 11 is 0. The van der Waals surface area contributed by atoms with Gasteiger partial charge in [0.15, 0.2) is 0 Å². The second-order valence-corrected chi connectivity index (χ2v) is 8.96. The third-order valence-electron chi connectivity index (χ3n) is 5.16. The van der Waals surface area contributed by atoms with Gasteiger partial charge in [-0.05, 0) is 49.4 Å². The van der Waals surface area contributed by atoms with E-state index in [-0.39, 0.29) is 38.1 Å². The molecule has 34 heavy (non-hydrogen) atoms. The van der Waals surface area contributed by atoms with Crippen molar-refractivity contribution >= 4 is 18.0 Å². The van der Waals surface area contributed by atoms with Crippen molar-refractivity contribution in [3.63, 3.8) is 0 Å². The molecule has 0 saturated carbocycles. The van der Waals surface area contributed by atoms with E-state index in [9.17, 15) is 14.4 Å². The molecule has 0 atom stereocenters. The third-order valence-corrected chi connectivity index (χ3v) is 5.16. The monoisotopic (exact) mass is 465 g/mol. The average Bonchev–Trinajstić information content (AvgIpc) is 3.11. The Morgan fingerprint density at radius 3 is 2.12 bits per heavy atom. The number of hydrogen-bond acceptors (Lipinski definition) is 6. The summed E-state index contributed by atoms with van der Waals surface area (Å²) in [6, 6.07) is 16.1.